The van der Waals surface area contributed by atoms with Crippen molar-refractivity contribution in [2.75, 3.05) is 6.61 Å². The lowest BCUT2D eigenvalue weighted by Crippen LogP contribution is -2.33. The van der Waals surface area contributed by atoms with Crippen LogP contribution in [0.1, 0.15) is 19.1 Å². The van der Waals surface area contributed by atoms with Crippen molar-refractivity contribution >= 4 is 22.6 Å². The molecular weight excluding hydrogens is 318 g/mol. The van der Waals surface area contributed by atoms with Crippen LogP contribution in [0.25, 0.3) is 11.0 Å². The average Bonchev–Trinajstić information content (AvgIpc) is 3.26. The van der Waals surface area contributed by atoms with Gasteiger partial charge in [-0.05, 0) is 30.7 Å². The highest BCUT2D eigenvalue weighted by atomic mass is 35.5. The first-order chi connectivity index (χ1) is 11.2. The SMILES string of the molecule is CC[C@@H]1CO[C@](Cn2cncn2)(c2cc3cc(Cl)ccc3o2)O1. The second-order valence-electron chi connectivity index (χ2n) is 5.60. The Bertz CT molecular complexity index is 817. The lowest BCUT2D eigenvalue weighted by atomic mass is 10.2. The second-order valence-corrected chi connectivity index (χ2v) is 6.03. The predicted octanol–water partition coefficient (Wildman–Crippen LogP) is 3.36. The molecule has 2 aromatic heterocycles. The van der Waals surface area contributed by atoms with Gasteiger partial charge in [0.15, 0.2) is 5.76 Å². The molecule has 120 valence electrons. The number of nitrogens with zero attached hydrogens (tertiary/aromatic N) is 3. The summed E-state index contributed by atoms with van der Waals surface area (Å²) in [4.78, 5) is 3.98. The molecule has 7 heteroatoms. The molecule has 0 amide bonds. The zero-order valence-corrected chi connectivity index (χ0v) is 13.4. The molecule has 6 nitrogen and oxygen atoms in total. The summed E-state index contributed by atoms with van der Waals surface area (Å²) in [6.45, 7) is 2.96. The van der Waals surface area contributed by atoms with Crippen molar-refractivity contribution in [3.63, 3.8) is 0 Å². The fourth-order valence-electron chi connectivity index (χ4n) is 2.79. The number of halogens is 1. The van der Waals surface area contributed by atoms with Crippen LogP contribution in [0.3, 0.4) is 0 Å². The zero-order chi connectivity index (χ0) is 15.9. The van der Waals surface area contributed by atoms with Gasteiger partial charge >= 0.3 is 0 Å². The number of aromatic nitrogens is 3. The van der Waals surface area contributed by atoms with E-state index in [9.17, 15) is 0 Å². The Labute approximate surface area is 138 Å². The van der Waals surface area contributed by atoms with Crippen LogP contribution >= 0.6 is 11.6 Å². The first kappa shape index (κ1) is 14.7. The van der Waals surface area contributed by atoms with Crippen LogP contribution in [0.2, 0.25) is 5.02 Å². The summed E-state index contributed by atoms with van der Waals surface area (Å²) < 4.78 is 19.9. The molecule has 0 radical (unpaired) electrons. The van der Waals surface area contributed by atoms with E-state index in [1.807, 2.05) is 18.2 Å². The third-order valence-corrected chi connectivity index (χ3v) is 4.24. The molecule has 0 unspecified atom stereocenters. The van der Waals surface area contributed by atoms with Crippen molar-refractivity contribution in [2.45, 2.75) is 31.8 Å². The summed E-state index contributed by atoms with van der Waals surface area (Å²) in [6, 6.07) is 7.42. The highest BCUT2D eigenvalue weighted by Gasteiger charge is 2.46. The average molecular weight is 334 g/mol. The predicted molar refractivity (Wildman–Crippen MR) is 84.0 cm³/mol. The van der Waals surface area contributed by atoms with Gasteiger partial charge in [-0.25, -0.2) is 9.67 Å². The van der Waals surface area contributed by atoms with Gasteiger partial charge in [0.25, 0.3) is 0 Å². The van der Waals surface area contributed by atoms with Gasteiger partial charge in [0.1, 0.15) is 24.8 Å². The zero-order valence-electron chi connectivity index (χ0n) is 12.6. The third kappa shape index (κ3) is 2.63. The van der Waals surface area contributed by atoms with Gasteiger partial charge in [-0.1, -0.05) is 18.5 Å². The van der Waals surface area contributed by atoms with E-state index in [-0.39, 0.29) is 6.10 Å². The molecule has 0 N–H and O–H groups in total. The molecule has 1 aliphatic heterocycles. The first-order valence-electron chi connectivity index (χ1n) is 7.52. The quantitative estimate of drug-likeness (QED) is 0.732. The summed E-state index contributed by atoms with van der Waals surface area (Å²) in [5.41, 5.74) is 0.745. The van der Waals surface area contributed by atoms with Gasteiger partial charge in [-0.15, -0.1) is 0 Å². The van der Waals surface area contributed by atoms with Gasteiger partial charge in [-0.2, -0.15) is 5.10 Å². The van der Waals surface area contributed by atoms with Gasteiger partial charge in [0.05, 0.1) is 12.7 Å². The lowest BCUT2D eigenvalue weighted by molar-refractivity contribution is -0.199. The van der Waals surface area contributed by atoms with E-state index in [2.05, 4.69) is 17.0 Å². The van der Waals surface area contributed by atoms with Gasteiger partial charge in [-0.3, -0.25) is 0 Å². The minimum atomic E-state index is -1.00. The van der Waals surface area contributed by atoms with Gasteiger partial charge in [0, 0.05) is 10.4 Å². The molecule has 0 bridgehead atoms. The van der Waals surface area contributed by atoms with Crippen LogP contribution in [0.5, 0.6) is 0 Å². The molecule has 3 aromatic rings. The lowest BCUT2D eigenvalue weighted by Gasteiger charge is -2.25. The molecule has 3 heterocycles. The van der Waals surface area contributed by atoms with Crippen molar-refractivity contribution in [2.24, 2.45) is 0 Å². The second kappa shape index (κ2) is 5.63. The maximum atomic E-state index is 6.18. The van der Waals surface area contributed by atoms with Crippen LogP contribution in [0.4, 0.5) is 0 Å². The largest absolute Gasteiger partial charge is 0.455 e. The van der Waals surface area contributed by atoms with Crippen LogP contribution in [0, 0.1) is 0 Å². The topological polar surface area (TPSA) is 62.3 Å². The van der Waals surface area contributed by atoms with E-state index in [0.717, 1.165) is 17.4 Å². The Kier molecular flexibility index (Phi) is 3.60. The Balaban J connectivity index is 1.77. The maximum absolute atomic E-state index is 6.18. The van der Waals surface area contributed by atoms with Crippen molar-refractivity contribution in [1.82, 2.24) is 14.8 Å². The fourth-order valence-corrected chi connectivity index (χ4v) is 2.97. The number of hydrogen-bond acceptors (Lipinski definition) is 5. The van der Waals surface area contributed by atoms with Crippen molar-refractivity contribution in [3.8, 4) is 0 Å². The van der Waals surface area contributed by atoms with Crippen molar-refractivity contribution < 1.29 is 13.9 Å². The first-order valence-corrected chi connectivity index (χ1v) is 7.90. The molecule has 1 saturated heterocycles. The van der Waals surface area contributed by atoms with Crippen LogP contribution in [0.15, 0.2) is 41.3 Å². The Morgan fingerprint density at radius 2 is 2.30 bits per heavy atom. The van der Waals surface area contributed by atoms with Crippen LogP contribution < -0.4 is 0 Å². The van der Waals surface area contributed by atoms with E-state index in [0.29, 0.717) is 23.9 Å². The molecule has 23 heavy (non-hydrogen) atoms. The smallest absolute Gasteiger partial charge is 0.249 e. The van der Waals surface area contributed by atoms with Crippen LogP contribution in [-0.2, 0) is 21.8 Å². The van der Waals surface area contributed by atoms with Crippen molar-refractivity contribution in [1.29, 1.82) is 0 Å². The number of benzene rings is 1. The summed E-state index contributed by atoms with van der Waals surface area (Å²) in [5.74, 6) is -0.388. The third-order valence-electron chi connectivity index (χ3n) is 4.01. The fraction of sp³-hybridized carbons (Fsp3) is 0.375. The molecule has 4 rings (SSSR count). The number of hydrogen-bond donors (Lipinski definition) is 0. The monoisotopic (exact) mass is 333 g/mol. The number of rotatable bonds is 4. The molecule has 1 fully saturated rings. The molecule has 2 atom stereocenters. The van der Waals surface area contributed by atoms with E-state index >= 15 is 0 Å². The normalized spacial score (nSPS) is 24.5. The van der Waals surface area contributed by atoms with Crippen LogP contribution in [-0.4, -0.2) is 27.5 Å². The minimum Gasteiger partial charge on any atom is -0.455 e. The van der Waals surface area contributed by atoms with E-state index in [4.69, 9.17) is 25.5 Å². The molecule has 0 spiro atoms. The van der Waals surface area contributed by atoms with E-state index in [1.165, 1.54) is 6.33 Å². The van der Waals surface area contributed by atoms with Gasteiger partial charge < -0.3 is 13.9 Å². The molecule has 0 aliphatic carbocycles. The molecule has 1 aliphatic rings. The minimum absolute atomic E-state index is 0.0234. The molecule has 0 saturated carbocycles. The summed E-state index contributed by atoms with van der Waals surface area (Å²) in [6.07, 6.45) is 4.01. The Morgan fingerprint density at radius 1 is 1.39 bits per heavy atom. The Morgan fingerprint density at radius 3 is 3.04 bits per heavy atom. The number of fused-ring (bicyclic) bond motifs is 1. The summed E-state index contributed by atoms with van der Waals surface area (Å²) >= 11 is 6.06. The van der Waals surface area contributed by atoms with E-state index in [1.54, 1.807) is 17.1 Å². The summed E-state index contributed by atoms with van der Waals surface area (Å²) in [7, 11) is 0. The molecule has 1 aromatic carbocycles. The number of furan rings is 1. The number of ether oxygens (including phenoxy) is 2. The van der Waals surface area contributed by atoms with E-state index < -0.39 is 5.79 Å². The summed E-state index contributed by atoms with van der Waals surface area (Å²) in [5, 5.41) is 5.73. The van der Waals surface area contributed by atoms with Crippen molar-refractivity contribution in [3.05, 3.63) is 47.7 Å². The Hall–Kier alpha value is -1.89. The highest BCUT2D eigenvalue weighted by molar-refractivity contribution is 6.31. The van der Waals surface area contributed by atoms with Gasteiger partial charge in [0.2, 0.25) is 5.79 Å². The molecular formula is C16H16ClN3O3. The highest BCUT2D eigenvalue weighted by Crippen LogP contribution is 2.39. The maximum Gasteiger partial charge on any atom is 0.249 e. The standard InChI is InChI=1S/C16H16ClN3O3/c1-2-13-7-21-16(23-13,8-20-10-18-9-19-20)15-6-11-5-12(17)3-4-14(11)22-15/h3-6,9-10,13H,2,7-8H2,1H3/t13-,16+/m1/s1.